The lowest BCUT2D eigenvalue weighted by molar-refractivity contribution is 0.415. The van der Waals surface area contributed by atoms with Gasteiger partial charge in [0.2, 0.25) is 0 Å². The van der Waals surface area contributed by atoms with Gasteiger partial charge in [-0.15, -0.1) is 0 Å². The summed E-state index contributed by atoms with van der Waals surface area (Å²) in [4.78, 5) is 21.2. The van der Waals surface area contributed by atoms with Crippen LogP contribution in [0.25, 0.3) is 22.2 Å². The molecule has 7 heteroatoms. The molecule has 0 radical (unpaired) electrons. The van der Waals surface area contributed by atoms with Gasteiger partial charge in [-0.25, -0.2) is 9.97 Å². The molecule has 0 N–H and O–H groups in total. The number of methoxy groups -OCH3 is 1. The van der Waals surface area contributed by atoms with Crippen molar-refractivity contribution >= 4 is 22.5 Å². The molecule has 6 nitrogen and oxygen atoms in total. The molecule has 0 fully saturated rings. The first-order chi connectivity index (χ1) is 12.7. The Kier molecular flexibility index (Phi) is 4.18. The van der Waals surface area contributed by atoms with Crippen molar-refractivity contribution in [2.45, 2.75) is 6.54 Å². The first-order valence-electron chi connectivity index (χ1n) is 7.86. The van der Waals surface area contributed by atoms with E-state index in [0.717, 1.165) is 5.56 Å². The fourth-order valence-electron chi connectivity index (χ4n) is 2.79. The van der Waals surface area contributed by atoms with Gasteiger partial charge in [-0.3, -0.25) is 9.36 Å². The average Bonchev–Trinajstić information content (AvgIpc) is 3.19. The highest BCUT2D eigenvalue weighted by Crippen LogP contribution is 2.32. The fraction of sp³-hybridized carbons (Fsp3) is 0.105. The molecule has 130 valence electrons. The Hall–Kier alpha value is -3.12. The molecule has 4 aromatic rings. The summed E-state index contributed by atoms with van der Waals surface area (Å²) in [5.74, 6) is 1.08. The molecule has 26 heavy (non-hydrogen) atoms. The lowest BCUT2D eigenvalue weighted by atomic mass is 10.1. The van der Waals surface area contributed by atoms with Crippen molar-refractivity contribution in [2.24, 2.45) is 0 Å². The van der Waals surface area contributed by atoms with Gasteiger partial charge in [0.1, 0.15) is 5.75 Å². The number of benzene rings is 2. The molecule has 0 saturated heterocycles. The van der Waals surface area contributed by atoms with Crippen LogP contribution < -0.4 is 10.3 Å². The second-order valence-corrected chi connectivity index (χ2v) is 6.18. The largest absolute Gasteiger partial charge is 0.496 e. The molecule has 0 spiro atoms. The number of nitrogens with zero attached hydrogens (tertiary/aromatic N) is 3. The predicted octanol–water partition coefficient (Wildman–Crippen LogP) is 3.76. The summed E-state index contributed by atoms with van der Waals surface area (Å²) in [5, 5.41) is 1.13. The van der Waals surface area contributed by atoms with Crippen LogP contribution in [0.4, 0.5) is 0 Å². The van der Waals surface area contributed by atoms with Gasteiger partial charge >= 0.3 is 0 Å². The molecular weight excluding hydrogens is 354 g/mol. The monoisotopic (exact) mass is 367 g/mol. The van der Waals surface area contributed by atoms with Crippen LogP contribution in [0.2, 0.25) is 5.02 Å². The van der Waals surface area contributed by atoms with E-state index >= 15 is 0 Å². The summed E-state index contributed by atoms with van der Waals surface area (Å²) in [7, 11) is 1.55. The highest BCUT2D eigenvalue weighted by Gasteiger charge is 2.14. The summed E-state index contributed by atoms with van der Waals surface area (Å²) in [5.41, 5.74) is 2.07. The van der Waals surface area contributed by atoms with E-state index in [1.807, 2.05) is 12.1 Å². The average molecular weight is 368 g/mol. The second kappa shape index (κ2) is 6.65. The molecular formula is C19H14ClN3O3. The second-order valence-electron chi connectivity index (χ2n) is 5.74. The minimum Gasteiger partial charge on any atom is -0.496 e. The smallest absolute Gasteiger partial charge is 0.261 e. The van der Waals surface area contributed by atoms with Crippen LogP contribution in [-0.4, -0.2) is 21.6 Å². The molecule has 2 aromatic carbocycles. The minimum atomic E-state index is -0.146. The van der Waals surface area contributed by atoms with Crippen molar-refractivity contribution < 1.29 is 9.15 Å². The van der Waals surface area contributed by atoms with Crippen LogP contribution in [0.3, 0.4) is 0 Å². The van der Waals surface area contributed by atoms with Crippen molar-refractivity contribution in [1.29, 1.82) is 0 Å². The number of ether oxygens (including phenoxy) is 1. The summed E-state index contributed by atoms with van der Waals surface area (Å²) in [6.07, 6.45) is 4.47. The van der Waals surface area contributed by atoms with Gasteiger partial charge in [0.15, 0.2) is 12.2 Å². The van der Waals surface area contributed by atoms with Crippen LogP contribution in [0.1, 0.15) is 5.56 Å². The molecule has 4 rings (SSSR count). The third-order valence-corrected chi connectivity index (χ3v) is 4.36. The van der Waals surface area contributed by atoms with E-state index in [1.54, 1.807) is 42.1 Å². The lowest BCUT2D eigenvalue weighted by Gasteiger charge is -2.10. The molecule has 0 unspecified atom stereocenters. The first kappa shape index (κ1) is 16.4. The van der Waals surface area contributed by atoms with Crippen LogP contribution >= 0.6 is 11.6 Å². The summed E-state index contributed by atoms with van der Waals surface area (Å²) < 4.78 is 12.3. The molecule has 0 aliphatic heterocycles. The molecule has 0 atom stereocenters. The summed E-state index contributed by atoms with van der Waals surface area (Å²) in [6, 6.07) is 10.8. The maximum absolute atomic E-state index is 12.9. The van der Waals surface area contributed by atoms with Gasteiger partial charge in [0.25, 0.3) is 5.56 Å². The third-order valence-electron chi connectivity index (χ3n) is 4.11. The Morgan fingerprint density at radius 1 is 1.23 bits per heavy atom. The van der Waals surface area contributed by atoms with E-state index < -0.39 is 0 Å². The van der Waals surface area contributed by atoms with Crippen molar-refractivity contribution in [1.82, 2.24) is 14.5 Å². The number of oxazole rings is 1. The van der Waals surface area contributed by atoms with Gasteiger partial charge in [0.05, 0.1) is 42.6 Å². The molecule has 0 amide bonds. The Morgan fingerprint density at radius 2 is 2.04 bits per heavy atom. The normalized spacial score (nSPS) is 11.0. The molecule has 0 bridgehead atoms. The van der Waals surface area contributed by atoms with E-state index in [-0.39, 0.29) is 5.56 Å². The number of aromatic nitrogens is 3. The number of fused-ring (bicyclic) bond motifs is 1. The van der Waals surface area contributed by atoms with E-state index in [1.165, 1.54) is 12.7 Å². The summed E-state index contributed by atoms with van der Waals surface area (Å²) in [6.45, 7) is 0.408. The number of hydrogen-bond donors (Lipinski definition) is 0. The molecule has 0 aliphatic carbocycles. The van der Waals surface area contributed by atoms with E-state index in [9.17, 15) is 4.79 Å². The van der Waals surface area contributed by atoms with Gasteiger partial charge in [-0.2, -0.15) is 0 Å². The molecule has 2 heterocycles. The van der Waals surface area contributed by atoms with E-state index in [2.05, 4.69) is 9.97 Å². The van der Waals surface area contributed by atoms with E-state index in [4.69, 9.17) is 20.8 Å². The van der Waals surface area contributed by atoms with Crippen molar-refractivity contribution in [3.05, 3.63) is 76.3 Å². The SMILES string of the molecule is COc1cc2c(=O)n(Cc3ccc(Cl)cc3)cnc2cc1-c1cnco1. The van der Waals surface area contributed by atoms with Gasteiger partial charge in [-0.05, 0) is 29.8 Å². The number of rotatable bonds is 4. The standard InChI is InChI=1S/C19H14ClN3O3/c1-25-17-7-14-16(6-15(17)18-8-21-11-26-18)22-10-23(19(14)24)9-12-2-4-13(20)5-3-12/h2-8,10-11H,9H2,1H3. The first-order valence-corrected chi connectivity index (χ1v) is 8.24. The Morgan fingerprint density at radius 3 is 2.73 bits per heavy atom. The quantitative estimate of drug-likeness (QED) is 0.549. The van der Waals surface area contributed by atoms with Crippen LogP contribution in [-0.2, 0) is 6.54 Å². The van der Waals surface area contributed by atoms with Crippen molar-refractivity contribution in [3.63, 3.8) is 0 Å². The predicted molar refractivity (Wildman–Crippen MR) is 98.6 cm³/mol. The Labute approximate surface area is 153 Å². The molecule has 0 aliphatic rings. The zero-order chi connectivity index (χ0) is 18.1. The topological polar surface area (TPSA) is 70.2 Å². The zero-order valence-corrected chi connectivity index (χ0v) is 14.6. The van der Waals surface area contributed by atoms with Crippen LogP contribution in [0.15, 0.2) is 64.5 Å². The number of hydrogen-bond acceptors (Lipinski definition) is 5. The van der Waals surface area contributed by atoms with Gasteiger partial charge < -0.3 is 9.15 Å². The van der Waals surface area contributed by atoms with Gasteiger partial charge in [-0.1, -0.05) is 23.7 Å². The third kappa shape index (κ3) is 2.95. The minimum absolute atomic E-state index is 0.146. The lowest BCUT2D eigenvalue weighted by Crippen LogP contribution is -2.21. The van der Waals surface area contributed by atoms with E-state index in [0.29, 0.717) is 39.5 Å². The van der Waals surface area contributed by atoms with Crippen LogP contribution in [0, 0.1) is 0 Å². The maximum atomic E-state index is 12.9. The maximum Gasteiger partial charge on any atom is 0.261 e. The number of halogens is 1. The Balaban J connectivity index is 1.81. The van der Waals surface area contributed by atoms with Crippen LogP contribution in [0.5, 0.6) is 5.75 Å². The van der Waals surface area contributed by atoms with Crippen molar-refractivity contribution in [2.75, 3.05) is 7.11 Å². The Bertz CT molecular complexity index is 1120. The van der Waals surface area contributed by atoms with Crippen molar-refractivity contribution in [3.8, 4) is 17.1 Å². The highest BCUT2D eigenvalue weighted by atomic mass is 35.5. The fourth-order valence-corrected chi connectivity index (χ4v) is 2.92. The molecule has 0 saturated carbocycles. The molecule has 2 aromatic heterocycles. The highest BCUT2D eigenvalue weighted by molar-refractivity contribution is 6.30. The zero-order valence-electron chi connectivity index (χ0n) is 13.8. The van der Waals surface area contributed by atoms with Gasteiger partial charge in [0, 0.05) is 5.02 Å². The summed E-state index contributed by atoms with van der Waals surface area (Å²) >= 11 is 5.91.